The Morgan fingerprint density at radius 1 is 1.23 bits per heavy atom. The van der Waals surface area contributed by atoms with Gasteiger partial charge in [-0.05, 0) is 30.6 Å². The molecule has 0 aromatic heterocycles. The van der Waals surface area contributed by atoms with E-state index in [9.17, 15) is 0 Å². The van der Waals surface area contributed by atoms with Crippen LogP contribution in [0.25, 0.3) is 0 Å². The zero-order valence-electron chi connectivity index (χ0n) is 8.50. The van der Waals surface area contributed by atoms with Gasteiger partial charge in [-0.1, -0.05) is 26.2 Å². The van der Waals surface area contributed by atoms with Gasteiger partial charge in [0.05, 0.1) is 0 Å². The Hall–Kier alpha value is -0.640. The third-order valence-electron chi connectivity index (χ3n) is 3.84. The molecule has 0 bridgehead atoms. The van der Waals surface area contributed by atoms with Crippen molar-refractivity contribution in [2.45, 2.75) is 32.6 Å². The van der Waals surface area contributed by atoms with Gasteiger partial charge in [0.1, 0.15) is 0 Å². The molecule has 13 heavy (non-hydrogen) atoms. The zero-order chi connectivity index (χ0) is 9.26. The van der Waals surface area contributed by atoms with E-state index in [-0.39, 0.29) is 0 Å². The molecule has 0 radical (unpaired) electrons. The molecule has 0 aromatic carbocycles. The van der Waals surface area contributed by atoms with Crippen molar-refractivity contribution in [2.24, 2.45) is 17.8 Å². The lowest BCUT2D eigenvalue weighted by atomic mass is 9.70. The SMILES string of the molecule is C#CN1C[C@H]2CCCC[C@@H]2[C@@H](C)C1. The number of rotatable bonds is 0. The number of hydrogen-bond donors (Lipinski definition) is 0. The van der Waals surface area contributed by atoms with Gasteiger partial charge >= 0.3 is 0 Å². The normalized spacial score (nSPS) is 39.4. The monoisotopic (exact) mass is 177 g/mol. The van der Waals surface area contributed by atoms with Crippen molar-refractivity contribution in [3.8, 4) is 12.5 Å². The second-order valence-corrected chi connectivity index (χ2v) is 4.72. The van der Waals surface area contributed by atoms with E-state index in [1.54, 1.807) is 0 Å². The molecule has 0 spiro atoms. The highest BCUT2D eigenvalue weighted by Gasteiger charge is 2.34. The van der Waals surface area contributed by atoms with E-state index in [1.165, 1.54) is 25.7 Å². The minimum atomic E-state index is 0.815. The summed E-state index contributed by atoms with van der Waals surface area (Å²) in [5.74, 6) is 2.68. The third-order valence-corrected chi connectivity index (χ3v) is 3.84. The summed E-state index contributed by atoms with van der Waals surface area (Å²) in [6, 6.07) is 2.80. The molecule has 0 N–H and O–H groups in total. The average Bonchev–Trinajstić information content (AvgIpc) is 2.18. The average molecular weight is 177 g/mol. The third kappa shape index (κ3) is 1.68. The second-order valence-electron chi connectivity index (χ2n) is 4.72. The molecular formula is C12H19N. The highest BCUT2D eigenvalue weighted by molar-refractivity contribution is 4.95. The van der Waals surface area contributed by atoms with Crippen LogP contribution >= 0.6 is 0 Å². The first kappa shape index (κ1) is 8.94. The van der Waals surface area contributed by atoms with Gasteiger partial charge in [0.2, 0.25) is 0 Å². The van der Waals surface area contributed by atoms with Crippen LogP contribution in [0.3, 0.4) is 0 Å². The summed E-state index contributed by atoms with van der Waals surface area (Å²) in [4.78, 5) is 2.18. The highest BCUT2D eigenvalue weighted by atomic mass is 15.1. The molecule has 2 rings (SSSR count). The smallest absolute Gasteiger partial charge is 0.0291 e. The van der Waals surface area contributed by atoms with Crippen molar-refractivity contribution >= 4 is 0 Å². The molecule has 2 fully saturated rings. The molecule has 1 aliphatic carbocycles. The van der Waals surface area contributed by atoms with Crippen molar-refractivity contribution in [2.75, 3.05) is 13.1 Å². The molecule has 1 heterocycles. The first-order valence-electron chi connectivity index (χ1n) is 5.52. The van der Waals surface area contributed by atoms with Gasteiger partial charge in [0.25, 0.3) is 0 Å². The van der Waals surface area contributed by atoms with E-state index in [4.69, 9.17) is 6.42 Å². The Morgan fingerprint density at radius 2 is 2.00 bits per heavy atom. The Kier molecular flexibility index (Phi) is 2.49. The van der Waals surface area contributed by atoms with Crippen LogP contribution < -0.4 is 0 Å². The second kappa shape index (κ2) is 3.62. The molecule has 2 aliphatic rings. The lowest BCUT2D eigenvalue weighted by molar-refractivity contribution is 0.0729. The van der Waals surface area contributed by atoms with Crippen LogP contribution in [0.5, 0.6) is 0 Å². The Balaban J connectivity index is 2.04. The van der Waals surface area contributed by atoms with Crippen molar-refractivity contribution in [3.05, 3.63) is 0 Å². The number of hydrogen-bond acceptors (Lipinski definition) is 1. The number of terminal acetylenes is 1. The van der Waals surface area contributed by atoms with E-state index < -0.39 is 0 Å². The molecule has 3 atom stereocenters. The van der Waals surface area contributed by atoms with Crippen molar-refractivity contribution in [3.63, 3.8) is 0 Å². The van der Waals surface area contributed by atoms with E-state index in [0.717, 1.165) is 30.8 Å². The van der Waals surface area contributed by atoms with Gasteiger partial charge in [-0.15, -0.1) is 0 Å². The highest BCUT2D eigenvalue weighted by Crippen LogP contribution is 2.38. The Labute approximate surface area is 81.5 Å². The molecule has 0 amide bonds. The quantitative estimate of drug-likeness (QED) is 0.513. The molecule has 1 saturated heterocycles. The van der Waals surface area contributed by atoms with Crippen LogP contribution in [-0.2, 0) is 0 Å². The number of nitrogens with zero attached hydrogens (tertiary/aromatic N) is 1. The number of likely N-dealkylation sites (tertiary alicyclic amines) is 1. The maximum Gasteiger partial charge on any atom is 0.0291 e. The summed E-state index contributed by atoms with van der Waals surface area (Å²) in [6.07, 6.45) is 11.2. The van der Waals surface area contributed by atoms with Gasteiger partial charge < -0.3 is 4.90 Å². The van der Waals surface area contributed by atoms with Crippen molar-refractivity contribution in [1.82, 2.24) is 4.90 Å². The maximum atomic E-state index is 5.46. The van der Waals surface area contributed by atoms with E-state index in [0.29, 0.717) is 0 Å². The summed E-state index contributed by atoms with van der Waals surface area (Å²) in [6.45, 7) is 4.65. The summed E-state index contributed by atoms with van der Waals surface area (Å²) in [5.41, 5.74) is 0. The topological polar surface area (TPSA) is 3.24 Å². The van der Waals surface area contributed by atoms with E-state index in [2.05, 4.69) is 17.9 Å². The molecule has 72 valence electrons. The van der Waals surface area contributed by atoms with Crippen molar-refractivity contribution in [1.29, 1.82) is 0 Å². The first-order chi connectivity index (χ1) is 6.31. The lowest BCUT2D eigenvalue weighted by Gasteiger charge is -2.43. The molecule has 1 nitrogen and oxygen atoms in total. The molecular weight excluding hydrogens is 158 g/mol. The van der Waals surface area contributed by atoms with Crippen molar-refractivity contribution < 1.29 is 0 Å². The number of piperidine rings is 1. The van der Waals surface area contributed by atoms with Gasteiger partial charge in [-0.3, -0.25) is 0 Å². The van der Waals surface area contributed by atoms with E-state index in [1.807, 2.05) is 0 Å². The predicted molar refractivity (Wildman–Crippen MR) is 55.0 cm³/mol. The molecule has 0 aromatic rings. The standard InChI is InChI=1S/C12H19N/c1-3-13-8-10(2)12-7-5-4-6-11(12)9-13/h1,10-12H,4-9H2,2H3/t10-,11+,12+/m0/s1. The predicted octanol–water partition coefficient (Wildman–Crippen LogP) is 2.34. The zero-order valence-corrected chi connectivity index (χ0v) is 8.50. The van der Waals surface area contributed by atoms with E-state index >= 15 is 0 Å². The minimum Gasteiger partial charge on any atom is -0.332 e. The molecule has 0 unspecified atom stereocenters. The van der Waals surface area contributed by atoms with Crippen LogP contribution in [-0.4, -0.2) is 18.0 Å². The lowest BCUT2D eigenvalue weighted by Crippen LogP contribution is -2.44. The van der Waals surface area contributed by atoms with Crippen LogP contribution in [0.15, 0.2) is 0 Å². The van der Waals surface area contributed by atoms with Gasteiger partial charge in [0.15, 0.2) is 0 Å². The summed E-state index contributed by atoms with van der Waals surface area (Å²) >= 11 is 0. The summed E-state index contributed by atoms with van der Waals surface area (Å²) in [7, 11) is 0. The molecule has 1 saturated carbocycles. The molecule has 1 aliphatic heterocycles. The first-order valence-corrected chi connectivity index (χ1v) is 5.52. The minimum absolute atomic E-state index is 0.815. The fourth-order valence-electron chi connectivity index (χ4n) is 3.16. The molecule has 1 heteroatoms. The van der Waals surface area contributed by atoms with Crippen LogP contribution in [0.4, 0.5) is 0 Å². The summed E-state index contributed by atoms with van der Waals surface area (Å²) in [5, 5.41) is 0. The van der Waals surface area contributed by atoms with Gasteiger partial charge in [-0.25, -0.2) is 0 Å². The van der Waals surface area contributed by atoms with Crippen LogP contribution in [0.1, 0.15) is 32.6 Å². The van der Waals surface area contributed by atoms with Crippen LogP contribution in [0.2, 0.25) is 0 Å². The fraction of sp³-hybridized carbons (Fsp3) is 0.833. The Bertz CT molecular complexity index is 216. The van der Waals surface area contributed by atoms with Gasteiger partial charge in [-0.2, -0.15) is 0 Å². The Morgan fingerprint density at radius 3 is 2.77 bits per heavy atom. The fourth-order valence-corrected chi connectivity index (χ4v) is 3.16. The van der Waals surface area contributed by atoms with Gasteiger partial charge in [0, 0.05) is 19.1 Å². The van der Waals surface area contributed by atoms with Crippen LogP contribution in [0, 0.1) is 30.2 Å². The maximum absolute atomic E-state index is 5.46. The largest absolute Gasteiger partial charge is 0.332 e. The number of fused-ring (bicyclic) bond motifs is 1. The summed E-state index contributed by atoms with van der Waals surface area (Å²) < 4.78 is 0.